The van der Waals surface area contributed by atoms with Gasteiger partial charge in [0.25, 0.3) is 0 Å². The van der Waals surface area contributed by atoms with E-state index in [1.54, 1.807) is 0 Å². The highest BCUT2D eigenvalue weighted by Crippen LogP contribution is 2.33. The van der Waals surface area contributed by atoms with Crippen LogP contribution in [-0.2, 0) is 24.1 Å². The molecule has 1 fully saturated rings. The van der Waals surface area contributed by atoms with E-state index in [0.29, 0.717) is 25.9 Å². The Labute approximate surface area is 190 Å². The van der Waals surface area contributed by atoms with Gasteiger partial charge in [-0.1, -0.05) is 110 Å². The monoisotopic (exact) mass is 440 g/mol. The fourth-order valence-corrected chi connectivity index (χ4v) is 4.14. The van der Waals surface area contributed by atoms with E-state index >= 15 is 0 Å². The SMILES string of the molecule is CCCCCCCCCCCC(=O)OOC(=O)C1(CCCCCCCCCC)CCO1. The number of carbonyl (C=O) groups is 2. The number of carbonyl (C=O) groups excluding carboxylic acids is 2. The van der Waals surface area contributed by atoms with Crippen LogP contribution in [0, 0.1) is 0 Å². The summed E-state index contributed by atoms with van der Waals surface area (Å²) in [4.78, 5) is 33.9. The molecule has 1 unspecified atom stereocenters. The zero-order chi connectivity index (χ0) is 22.6. The van der Waals surface area contributed by atoms with Crippen molar-refractivity contribution in [2.24, 2.45) is 0 Å². The Balaban J connectivity index is 2.04. The van der Waals surface area contributed by atoms with Gasteiger partial charge < -0.3 is 4.74 Å². The maximum Gasteiger partial charge on any atom is 0.387 e. The number of unbranched alkanes of at least 4 members (excludes halogenated alkanes) is 15. The van der Waals surface area contributed by atoms with Gasteiger partial charge in [0.1, 0.15) is 0 Å². The summed E-state index contributed by atoms with van der Waals surface area (Å²) in [5.41, 5.74) is -0.889. The summed E-state index contributed by atoms with van der Waals surface area (Å²) >= 11 is 0. The van der Waals surface area contributed by atoms with Crippen molar-refractivity contribution in [2.75, 3.05) is 6.61 Å². The Morgan fingerprint density at radius 1 is 0.677 bits per heavy atom. The number of ether oxygens (including phenoxy) is 1. The molecule has 1 atom stereocenters. The highest BCUT2D eigenvalue weighted by atomic mass is 17.2. The minimum atomic E-state index is -0.889. The molecule has 0 aromatic heterocycles. The van der Waals surface area contributed by atoms with E-state index in [4.69, 9.17) is 14.5 Å². The Morgan fingerprint density at radius 2 is 1.13 bits per heavy atom. The predicted molar refractivity (Wildman–Crippen MR) is 125 cm³/mol. The molecular formula is C26H48O5. The molecule has 0 bridgehead atoms. The second-order valence-corrected chi connectivity index (χ2v) is 9.22. The lowest BCUT2D eigenvalue weighted by molar-refractivity contribution is -0.284. The van der Waals surface area contributed by atoms with Crippen molar-refractivity contribution in [1.29, 1.82) is 0 Å². The van der Waals surface area contributed by atoms with Crippen LogP contribution in [0.2, 0.25) is 0 Å². The van der Waals surface area contributed by atoms with Gasteiger partial charge in [0, 0.05) is 6.42 Å². The van der Waals surface area contributed by atoms with E-state index in [2.05, 4.69) is 13.8 Å². The van der Waals surface area contributed by atoms with Gasteiger partial charge in [-0.15, -0.1) is 0 Å². The van der Waals surface area contributed by atoms with Gasteiger partial charge in [-0.3, -0.25) is 0 Å². The summed E-state index contributed by atoms with van der Waals surface area (Å²) < 4.78 is 5.57. The fraction of sp³-hybridized carbons (Fsp3) is 0.923. The third-order valence-electron chi connectivity index (χ3n) is 6.39. The molecule has 0 spiro atoms. The molecular weight excluding hydrogens is 392 g/mol. The van der Waals surface area contributed by atoms with E-state index in [1.165, 1.54) is 77.0 Å². The van der Waals surface area contributed by atoms with Gasteiger partial charge in [0.05, 0.1) is 13.0 Å². The summed E-state index contributed by atoms with van der Waals surface area (Å²) in [5.74, 6) is -1.00. The van der Waals surface area contributed by atoms with Crippen molar-refractivity contribution in [3.63, 3.8) is 0 Å². The van der Waals surface area contributed by atoms with Crippen LogP contribution >= 0.6 is 0 Å². The summed E-state index contributed by atoms with van der Waals surface area (Å²) in [6.07, 6.45) is 22.0. The standard InChI is InChI=1S/C26H48O5/c1-3-5-7-9-11-13-14-16-18-20-24(27)30-31-25(28)26(22-23-29-26)21-19-17-15-12-10-8-6-4-2/h3-23H2,1-2H3. The van der Waals surface area contributed by atoms with Gasteiger partial charge in [0.15, 0.2) is 5.60 Å². The normalized spacial score (nSPS) is 17.9. The van der Waals surface area contributed by atoms with Crippen LogP contribution in [0.15, 0.2) is 0 Å². The summed E-state index contributed by atoms with van der Waals surface area (Å²) in [6.45, 7) is 5.02. The molecule has 1 saturated heterocycles. The number of rotatable bonds is 20. The molecule has 0 aliphatic carbocycles. The minimum Gasteiger partial charge on any atom is -0.363 e. The van der Waals surface area contributed by atoms with Crippen molar-refractivity contribution in [3.8, 4) is 0 Å². The lowest BCUT2D eigenvalue weighted by atomic mass is 9.88. The van der Waals surface area contributed by atoms with E-state index < -0.39 is 17.5 Å². The summed E-state index contributed by atoms with van der Waals surface area (Å²) in [5, 5.41) is 0. The van der Waals surface area contributed by atoms with Crippen LogP contribution in [0.1, 0.15) is 142 Å². The van der Waals surface area contributed by atoms with Crippen molar-refractivity contribution in [2.45, 2.75) is 148 Å². The first-order chi connectivity index (χ1) is 15.1. The van der Waals surface area contributed by atoms with E-state index in [0.717, 1.165) is 32.1 Å². The number of hydrogen-bond acceptors (Lipinski definition) is 5. The van der Waals surface area contributed by atoms with Crippen molar-refractivity contribution >= 4 is 11.9 Å². The Bertz CT molecular complexity index is 459. The molecule has 0 amide bonds. The van der Waals surface area contributed by atoms with Gasteiger partial charge in [-0.25, -0.2) is 19.4 Å². The van der Waals surface area contributed by atoms with Gasteiger partial charge in [-0.05, 0) is 19.3 Å². The molecule has 182 valence electrons. The smallest absolute Gasteiger partial charge is 0.363 e. The highest BCUT2D eigenvalue weighted by Gasteiger charge is 2.48. The Hall–Kier alpha value is -1.10. The third kappa shape index (κ3) is 13.1. The molecule has 0 aromatic carbocycles. The molecule has 5 nitrogen and oxygen atoms in total. The van der Waals surface area contributed by atoms with Crippen molar-refractivity contribution in [3.05, 3.63) is 0 Å². The molecule has 1 aliphatic heterocycles. The Morgan fingerprint density at radius 3 is 1.58 bits per heavy atom. The first-order valence-electron chi connectivity index (χ1n) is 13.2. The summed E-state index contributed by atoms with van der Waals surface area (Å²) in [7, 11) is 0. The molecule has 1 aliphatic rings. The average molecular weight is 441 g/mol. The zero-order valence-electron chi connectivity index (χ0n) is 20.4. The van der Waals surface area contributed by atoms with E-state index in [-0.39, 0.29) is 0 Å². The van der Waals surface area contributed by atoms with Crippen LogP contribution in [0.5, 0.6) is 0 Å². The molecule has 0 N–H and O–H groups in total. The van der Waals surface area contributed by atoms with Crippen LogP contribution in [-0.4, -0.2) is 24.1 Å². The van der Waals surface area contributed by atoms with Crippen molar-refractivity contribution < 1.29 is 24.1 Å². The lowest BCUT2D eigenvalue weighted by Gasteiger charge is -2.38. The van der Waals surface area contributed by atoms with Crippen LogP contribution in [0.4, 0.5) is 0 Å². The van der Waals surface area contributed by atoms with Crippen molar-refractivity contribution in [1.82, 2.24) is 0 Å². The first-order valence-corrected chi connectivity index (χ1v) is 13.2. The molecule has 1 heterocycles. The average Bonchev–Trinajstić information content (AvgIpc) is 2.74. The predicted octanol–water partition coefficient (Wildman–Crippen LogP) is 7.60. The van der Waals surface area contributed by atoms with Crippen LogP contribution in [0.25, 0.3) is 0 Å². The fourth-order valence-electron chi connectivity index (χ4n) is 4.14. The summed E-state index contributed by atoms with van der Waals surface area (Å²) in [6, 6.07) is 0. The molecule has 0 radical (unpaired) electrons. The molecule has 0 saturated carbocycles. The highest BCUT2D eigenvalue weighted by molar-refractivity contribution is 5.81. The maximum atomic E-state index is 12.4. The molecule has 1 rings (SSSR count). The molecule has 0 aromatic rings. The molecule has 31 heavy (non-hydrogen) atoms. The maximum absolute atomic E-state index is 12.4. The van der Waals surface area contributed by atoms with Gasteiger partial charge in [0.2, 0.25) is 0 Å². The minimum absolute atomic E-state index is 0.301. The third-order valence-corrected chi connectivity index (χ3v) is 6.39. The van der Waals surface area contributed by atoms with Gasteiger partial charge >= 0.3 is 11.9 Å². The van der Waals surface area contributed by atoms with E-state index in [9.17, 15) is 9.59 Å². The number of hydrogen-bond donors (Lipinski definition) is 0. The Kier molecular flexibility index (Phi) is 16.6. The largest absolute Gasteiger partial charge is 0.387 e. The van der Waals surface area contributed by atoms with Crippen LogP contribution < -0.4 is 0 Å². The topological polar surface area (TPSA) is 61.8 Å². The second kappa shape index (κ2) is 18.5. The zero-order valence-corrected chi connectivity index (χ0v) is 20.4. The van der Waals surface area contributed by atoms with Gasteiger partial charge in [-0.2, -0.15) is 0 Å². The molecule has 5 heteroatoms. The quantitative estimate of drug-likeness (QED) is 0.111. The van der Waals surface area contributed by atoms with Crippen LogP contribution in [0.3, 0.4) is 0 Å². The lowest BCUT2D eigenvalue weighted by Crippen LogP contribution is -2.51. The second-order valence-electron chi connectivity index (χ2n) is 9.22. The van der Waals surface area contributed by atoms with E-state index in [1.807, 2.05) is 0 Å². The first kappa shape index (κ1) is 27.9.